The molecule has 9 nitrogen and oxygen atoms in total. The van der Waals surface area contributed by atoms with Gasteiger partial charge in [0.2, 0.25) is 26.0 Å². The molecule has 1 saturated heterocycles. The van der Waals surface area contributed by atoms with Crippen molar-refractivity contribution in [3.8, 4) is 11.5 Å². The van der Waals surface area contributed by atoms with Crippen LogP contribution in [0.4, 0.5) is 5.69 Å². The Hall–Kier alpha value is -3.25. The Morgan fingerprint density at radius 2 is 1.44 bits per heavy atom. The van der Waals surface area contributed by atoms with Gasteiger partial charge in [0.25, 0.3) is 0 Å². The molecule has 1 N–H and O–H groups in total. The first-order chi connectivity index (χ1) is 17.1. The van der Waals surface area contributed by atoms with Gasteiger partial charge in [-0.05, 0) is 73.5 Å². The van der Waals surface area contributed by atoms with Crippen molar-refractivity contribution in [1.82, 2.24) is 8.61 Å². The van der Waals surface area contributed by atoms with Crippen molar-refractivity contribution in [2.75, 3.05) is 26.0 Å². The van der Waals surface area contributed by atoms with Crippen LogP contribution in [0.25, 0.3) is 0 Å². The fraction of sp³-hybridized carbons (Fsp3) is 0.240. The SMILES string of the molecule is CN(C)S(=O)(=O)c1ccc(S(=O)(=O)N2CCC[C@H]2C(=O)Nc2ccc(Oc3ccccc3)cc2)cc1. The van der Waals surface area contributed by atoms with Gasteiger partial charge in [0.15, 0.2) is 0 Å². The summed E-state index contributed by atoms with van der Waals surface area (Å²) < 4.78 is 59.1. The van der Waals surface area contributed by atoms with Crippen molar-refractivity contribution in [3.63, 3.8) is 0 Å². The Kier molecular flexibility index (Phi) is 7.46. The molecule has 4 rings (SSSR count). The van der Waals surface area contributed by atoms with E-state index in [1.165, 1.54) is 42.7 Å². The first-order valence-electron chi connectivity index (χ1n) is 11.3. The minimum Gasteiger partial charge on any atom is -0.457 e. The summed E-state index contributed by atoms with van der Waals surface area (Å²) >= 11 is 0. The second-order valence-electron chi connectivity index (χ2n) is 8.46. The number of carbonyl (C=O) groups is 1. The van der Waals surface area contributed by atoms with Crippen LogP contribution < -0.4 is 10.1 Å². The maximum atomic E-state index is 13.3. The molecule has 3 aromatic carbocycles. The highest BCUT2D eigenvalue weighted by Gasteiger charge is 2.39. The quantitative estimate of drug-likeness (QED) is 0.478. The first kappa shape index (κ1) is 25.8. The Balaban J connectivity index is 1.46. The van der Waals surface area contributed by atoms with Gasteiger partial charge in [0, 0.05) is 26.3 Å². The summed E-state index contributed by atoms with van der Waals surface area (Å²) in [7, 11) is -4.89. The molecule has 1 atom stereocenters. The lowest BCUT2D eigenvalue weighted by molar-refractivity contribution is -0.119. The molecule has 1 amide bonds. The molecule has 36 heavy (non-hydrogen) atoms. The molecule has 190 valence electrons. The molecule has 11 heteroatoms. The van der Waals surface area contributed by atoms with Crippen molar-refractivity contribution in [3.05, 3.63) is 78.9 Å². The third-order valence-corrected chi connectivity index (χ3v) is 9.57. The Morgan fingerprint density at radius 3 is 2.06 bits per heavy atom. The zero-order chi connectivity index (χ0) is 25.9. The van der Waals surface area contributed by atoms with E-state index in [9.17, 15) is 21.6 Å². The standard InChI is InChI=1S/C25H27N3O6S2/c1-27(2)35(30,31)22-14-16-23(17-15-22)36(32,33)28-18-6-9-24(28)25(29)26-19-10-12-21(13-11-19)34-20-7-4-3-5-8-20/h3-5,7-8,10-17,24H,6,9,18H2,1-2H3,(H,26,29)/t24-/m0/s1. The van der Waals surface area contributed by atoms with E-state index in [0.29, 0.717) is 30.0 Å². The predicted octanol–water partition coefficient (Wildman–Crippen LogP) is 3.52. The average molecular weight is 530 g/mol. The normalized spacial score (nSPS) is 16.7. The molecule has 1 aliphatic rings. The molecule has 1 fully saturated rings. The van der Waals surface area contributed by atoms with E-state index in [0.717, 1.165) is 4.31 Å². The molecule has 1 aliphatic heterocycles. The summed E-state index contributed by atoms with van der Waals surface area (Å²) in [6.45, 7) is 0.196. The van der Waals surface area contributed by atoms with E-state index in [1.807, 2.05) is 30.3 Å². The minimum atomic E-state index is -4.00. The zero-order valence-corrected chi connectivity index (χ0v) is 21.5. The molecule has 0 spiro atoms. The number of ether oxygens (including phenoxy) is 1. The number of hydrogen-bond donors (Lipinski definition) is 1. The number of amides is 1. The van der Waals surface area contributed by atoms with Gasteiger partial charge in [0.05, 0.1) is 9.79 Å². The maximum Gasteiger partial charge on any atom is 0.243 e. The number of anilines is 1. The number of nitrogens with one attached hydrogen (secondary N) is 1. The third kappa shape index (κ3) is 5.44. The molecule has 0 bridgehead atoms. The van der Waals surface area contributed by atoms with Crippen molar-refractivity contribution in [2.45, 2.75) is 28.7 Å². The van der Waals surface area contributed by atoms with Crippen molar-refractivity contribution >= 4 is 31.6 Å². The van der Waals surface area contributed by atoms with E-state index < -0.39 is 32.0 Å². The van der Waals surface area contributed by atoms with Gasteiger partial charge in [-0.1, -0.05) is 18.2 Å². The van der Waals surface area contributed by atoms with Gasteiger partial charge in [0.1, 0.15) is 17.5 Å². The molecule has 0 radical (unpaired) electrons. The van der Waals surface area contributed by atoms with Gasteiger partial charge in [-0.15, -0.1) is 0 Å². The molecule has 0 saturated carbocycles. The Labute approximate surface area is 211 Å². The van der Waals surface area contributed by atoms with Gasteiger partial charge < -0.3 is 10.1 Å². The van der Waals surface area contributed by atoms with Crippen LogP contribution in [0.2, 0.25) is 0 Å². The predicted molar refractivity (Wildman–Crippen MR) is 136 cm³/mol. The fourth-order valence-corrected chi connectivity index (χ4v) is 6.43. The smallest absolute Gasteiger partial charge is 0.243 e. The second kappa shape index (κ2) is 10.4. The van der Waals surface area contributed by atoms with Gasteiger partial charge >= 0.3 is 0 Å². The summed E-state index contributed by atoms with van der Waals surface area (Å²) in [5.74, 6) is 0.858. The largest absolute Gasteiger partial charge is 0.457 e. The van der Waals surface area contributed by atoms with E-state index in [1.54, 1.807) is 24.3 Å². The molecule has 3 aromatic rings. The lowest BCUT2D eigenvalue weighted by Gasteiger charge is -2.23. The van der Waals surface area contributed by atoms with E-state index in [2.05, 4.69) is 5.32 Å². The summed E-state index contributed by atoms with van der Waals surface area (Å²) in [6, 6.07) is 20.2. The number of rotatable bonds is 8. The summed E-state index contributed by atoms with van der Waals surface area (Å²) in [5, 5.41) is 2.78. The Morgan fingerprint density at radius 1 is 0.861 bits per heavy atom. The van der Waals surface area contributed by atoms with Crippen LogP contribution in [0.15, 0.2) is 88.7 Å². The molecular weight excluding hydrogens is 502 g/mol. The second-order valence-corrected chi connectivity index (χ2v) is 12.5. The van der Waals surface area contributed by atoms with Crippen LogP contribution in [-0.2, 0) is 24.8 Å². The molecule has 0 aromatic heterocycles. The van der Waals surface area contributed by atoms with Crippen LogP contribution in [0.5, 0.6) is 11.5 Å². The summed E-state index contributed by atoms with van der Waals surface area (Å²) in [5.41, 5.74) is 0.517. The highest BCUT2D eigenvalue weighted by molar-refractivity contribution is 7.89. The number of sulfonamides is 2. The van der Waals surface area contributed by atoms with E-state index >= 15 is 0 Å². The molecule has 1 heterocycles. The number of hydrogen-bond acceptors (Lipinski definition) is 6. The minimum absolute atomic E-state index is 0.0122. The zero-order valence-electron chi connectivity index (χ0n) is 19.9. The molecule has 0 aliphatic carbocycles. The third-order valence-electron chi connectivity index (χ3n) is 5.82. The highest BCUT2D eigenvalue weighted by Crippen LogP contribution is 2.29. The topological polar surface area (TPSA) is 113 Å². The van der Waals surface area contributed by atoms with Crippen molar-refractivity contribution in [1.29, 1.82) is 0 Å². The summed E-state index contributed by atoms with van der Waals surface area (Å²) in [4.78, 5) is 12.9. The maximum absolute atomic E-state index is 13.3. The van der Waals surface area contributed by atoms with Crippen LogP contribution in [0, 0.1) is 0 Å². The van der Waals surface area contributed by atoms with Gasteiger partial charge in [-0.2, -0.15) is 4.31 Å². The number of benzene rings is 3. The number of para-hydroxylation sites is 1. The summed E-state index contributed by atoms with van der Waals surface area (Å²) in [6.07, 6.45) is 0.918. The van der Waals surface area contributed by atoms with Crippen LogP contribution in [0.1, 0.15) is 12.8 Å². The van der Waals surface area contributed by atoms with Gasteiger partial charge in [-0.25, -0.2) is 21.1 Å². The molecule has 0 unspecified atom stereocenters. The number of nitrogens with zero attached hydrogens (tertiary/aromatic N) is 2. The van der Waals surface area contributed by atoms with Crippen LogP contribution in [0.3, 0.4) is 0 Å². The molecular formula is C25H27N3O6S2. The highest BCUT2D eigenvalue weighted by atomic mass is 32.2. The van der Waals surface area contributed by atoms with Crippen LogP contribution >= 0.6 is 0 Å². The number of carbonyl (C=O) groups excluding carboxylic acids is 1. The van der Waals surface area contributed by atoms with Crippen LogP contribution in [-0.4, -0.2) is 58.0 Å². The monoisotopic (exact) mass is 529 g/mol. The van der Waals surface area contributed by atoms with E-state index in [-0.39, 0.29) is 16.3 Å². The first-order valence-corrected chi connectivity index (χ1v) is 14.2. The lowest BCUT2D eigenvalue weighted by atomic mass is 10.2. The van der Waals surface area contributed by atoms with Crippen molar-refractivity contribution < 1.29 is 26.4 Å². The van der Waals surface area contributed by atoms with Gasteiger partial charge in [-0.3, -0.25) is 4.79 Å². The average Bonchev–Trinajstić information content (AvgIpc) is 3.37. The van der Waals surface area contributed by atoms with Crippen molar-refractivity contribution in [2.24, 2.45) is 0 Å². The Bertz CT molecular complexity index is 1420. The van der Waals surface area contributed by atoms with E-state index in [4.69, 9.17) is 4.74 Å². The fourth-order valence-electron chi connectivity index (χ4n) is 3.88. The lowest BCUT2D eigenvalue weighted by Crippen LogP contribution is -2.43.